The molecular weight excluding hydrogens is 324 g/mol. The second kappa shape index (κ2) is 6.16. The van der Waals surface area contributed by atoms with E-state index in [0.717, 1.165) is 41.2 Å². The van der Waals surface area contributed by atoms with E-state index in [9.17, 15) is 4.79 Å². The van der Waals surface area contributed by atoms with Crippen LogP contribution >= 0.6 is 0 Å². The van der Waals surface area contributed by atoms with Crippen LogP contribution in [0.25, 0.3) is 11.3 Å². The van der Waals surface area contributed by atoms with Crippen molar-refractivity contribution in [1.29, 1.82) is 0 Å². The summed E-state index contributed by atoms with van der Waals surface area (Å²) < 4.78 is 2.26. The lowest BCUT2D eigenvalue weighted by atomic mass is 10.1. The molecule has 5 heteroatoms. The summed E-state index contributed by atoms with van der Waals surface area (Å²) in [6.07, 6.45) is 9.81. The number of amides is 1. The van der Waals surface area contributed by atoms with Crippen LogP contribution in [0, 0.1) is 0 Å². The fourth-order valence-electron chi connectivity index (χ4n) is 3.80. The Morgan fingerprint density at radius 1 is 1.23 bits per heavy atom. The zero-order chi connectivity index (χ0) is 17.5. The number of carbonyl (C=O) groups excluding carboxylic acids is 1. The maximum absolute atomic E-state index is 12.7. The average Bonchev–Trinajstić information content (AvgIpc) is 3.22. The van der Waals surface area contributed by atoms with Gasteiger partial charge in [0.2, 0.25) is 0 Å². The molecule has 0 unspecified atom stereocenters. The number of aryl methyl sites for hydroxylation is 2. The lowest BCUT2D eigenvalue weighted by Gasteiger charge is -2.11. The van der Waals surface area contributed by atoms with Crippen molar-refractivity contribution < 1.29 is 4.79 Å². The fraction of sp³-hybridized carbons (Fsp3) is 0.333. The third-order valence-corrected chi connectivity index (χ3v) is 5.33. The van der Waals surface area contributed by atoms with Gasteiger partial charge in [0.1, 0.15) is 5.82 Å². The Hall–Kier alpha value is -2.82. The molecule has 1 aliphatic carbocycles. The molecule has 2 aromatic heterocycles. The highest BCUT2D eigenvalue weighted by molar-refractivity contribution is 6.05. The molecule has 2 aliphatic rings. The first-order valence-electron chi connectivity index (χ1n) is 9.43. The van der Waals surface area contributed by atoms with E-state index in [1.165, 1.54) is 31.5 Å². The van der Waals surface area contributed by atoms with Gasteiger partial charge in [-0.3, -0.25) is 4.79 Å². The summed E-state index contributed by atoms with van der Waals surface area (Å²) in [4.78, 5) is 20.7. The van der Waals surface area contributed by atoms with Crippen LogP contribution in [0.1, 0.15) is 53.5 Å². The van der Waals surface area contributed by atoms with Crippen molar-refractivity contribution in [2.45, 2.75) is 44.6 Å². The molecule has 0 atom stereocenters. The largest absolute Gasteiger partial charge is 0.364 e. The number of imidazole rings is 1. The summed E-state index contributed by atoms with van der Waals surface area (Å²) >= 11 is 0. The molecule has 0 radical (unpaired) electrons. The number of hydrogen-bond acceptors (Lipinski definition) is 2. The number of carbonyl (C=O) groups is 1. The Morgan fingerprint density at radius 2 is 2.15 bits per heavy atom. The SMILES string of the molecule is O=C(Nc1cccc(-c2cn3c(n2)CCCC3)c1)c1cc[nH]c1C1CC1. The van der Waals surface area contributed by atoms with Crippen molar-refractivity contribution in [3.63, 3.8) is 0 Å². The van der Waals surface area contributed by atoms with Gasteiger partial charge < -0.3 is 14.9 Å². The molecule has 1 fully saturated rings. The number of rotatable bonds is 4. The molecule has 5 rings (SSSR count). The highest BCUT2D eigenvalue weighted by Gasteiger charge is 2.29. The van der Waals surface area contributed by atoms with E-state index in [0.29, 0.717) is 5.92 Å². The van der Waals surface area contributed by atoms with E-state index in [1.807, 2.05) is 30.5 Å². The third-order valence-electron chi connectivity index (χ3n) is 5.33. The van der Waals surface area contributed by atoms with Crippen molar-refractivity contribution in [3.8, 4) is 11.3 Å². The number of hydrogen-bond donors (Lipinski definition) is 2. The minimum atomic E-state index is -0.0468. The predicted molar refractivity (Wildman–Crippen MR) is 101 cm³/mol. The second-order valence-corrected chi connectivity index (χ2v) is 7.31. The maximum atomic E-state index is 12.7. The van der Waals surface area contributed by atoms with Gasteiger partial charge in [-0.2, -0.15) is 0 Å². The van der Waals surface area contributed by atoms with Crippen LogP contribution in [0.4, 0.5) is 5.69 Å². The van der Waals surface area contributed by atoms with Crippen LogP contribution in [-0.2, 0) is 13.0 Å². The zero-order valence-electron chi connectivity index (χ0n) is 14.7. The van der Waals surface area contributed by atoms with Crippen molar-refractivity contribution in [3.05, 3.63) is 59.8 Å². The van der Waals surface area contributed by atoms with Gasteiger partial charge in [-0.15, -0.1) is 0 Å². The molecule has 1 aromatic carbocycles. The van der Waals surface area contributed by atoms with E-state index < -0.39 is 0 Å². The first-order valence-corrected chi connectivity index (χ1v) is 9.43. The maximum Gasteiger partial charge on any atom is 0.257 e. The first kappa shape index (κ1) is 15.4. The van der Waals surface area contributed by atoms with E-state index in [-0.39, 0.29) is 5.91 Å². The molecule has 132 valence electrons. The van der Waals surface area contributed by atoms with Crippen molar-refractivity contribution >= 4 is 11.6 Å². The molecular formula is C21H22N4O. The average molecular weight is 346 g/mol. The van der Waals surface area contributed by atoms with Crippen LogP contribution in [-0.4, -0.2) is 20.4 Å². The van der Waals surface area contributed by atoms with Crippen LogP contribution in [0.2, 0.25) is 0 Å². The molecule has 0 spiro atoms. The van der Waals surface area contributed by atoms with E-state index >= 15 is 0 Å². The molecule has 1 amide bonds. The minimum absolute atomic E-state index is 0.0468. The molecule has 2 N–H and O–H groups in total. The standard InChI is InChI=1S/C21H22N4O/c26-21(17-9-10-22-20(17)14-7-8-14)23-16-5-3-4-15(12-16)18-13-25-11-2-1-6-19(25)24-18/h3-5,9-10,12-14,22H,1-2,6-8,11H2,(H,23,26). The number of nitrogens with zero attached hydrogens (tertiary/aromatic N) is 2. The molecule has 5 nitrogen and oxygen atoms in total. The monoisotopic (exact) mass is 346 g/mol. The van der Waals surface area contributed by atoms with Crippen LogP contribution < -0.4 is 5.32 Å². The van der Waals surface area contributed by atoms with Crippen molar-refractivity contribution in [1.82, 2.24) is 14.5 Å². The predicted octanol–water partition coefficient (Wildman–Crippen LogP) is 4.34. The molecule has 3 aromatic rings. The molecule has 0 bridgehead atoms. The van der Waals surface area contributed by atoms with Gasteiger partial charge in [-0.25, -0.2) is 4.98 Å². The Bertz CT molecular complexity index is 941. The molecule has 1 aliphatic heterocycles. The molecule has 3 heterocycles. The van der Waals surface area contributed by atoms with Gasteiger partial charge in [0.25, 0.3) is 5.91 Å². The first-order chi connectivity index (χ1) is 12.8. The van der Waals surface area contributed by atoms with E-state index in [2.05, 4.69) is 27.1 Å². The van der Waals surface area contributed by atoms with Gasteiger partial charge in [0.05, 0.1) is 11.3 Å². The molecule has 26 heavy (non-hydrogen) atoms. The zero-order valence-corrected chi connectivity index (χ0v) is 14.7. The van der Waals surface area contributed by atoms with Crippen LogP contribution in [0.5, 0.6) is 0 Å². The summed E-state index contributed by atoms with van der Waals surface area (Å²) in [7, 11) is 0. The van der Waals surface area contributed by atoms with E-state index in [1.54, 1.807) is 0 Å². The van der Waals surface area contributed by atoms with Gasteiger partial charge in [0.15, 0.2) is 0 Å². The number of fused-ring (bicyclic) bond motifs is 1. The molecule has 1 saturated carbocycles. The van der Waals surface area contributed by atoms with Gasteiger partial charge in [0, 0.05) is 42.3 Å². The van der Waals surface area contributed by atoms with Crippen molar-refractivity contribution in [2.24, 2.45) is 0 Å². The lowest BCUT2D eigenvalue weighted by Crippen LogP contribution is -2.13. The minimum Gasteiger partial charge on any atom is -0.364 e. The summed E-state index contributed by atoms with van der Waals surface area (Å²) in [6.45, 7) is 1.05. The topological polar surface area (TPSA) is 62.7 Å². The van der Waals surface area contributed by atoms with Crippen LogP contribution in [0.15, 0.2) is 42.7 Å². The Kier molecular flexibility index (Phi) is 3.66. The Balaban J connectivity index is 1.38. The summed E-state index contributed by atoms with van der Waals surface area (Å²) in [6, 6.07) is 9.84. The number of aromatic amines is 1. The summed E-state index contributed by atoms with van der Waals surface area (Å²) in [5, 5.41) is 3.05. The number of nitrogens with one attached hydrogen (secondary N) is 2. The number of aromatic nitrogens is 3. The number of benzene rings is 1. The van der Waals surface area contributed by atoms with Crippen LogP contribution in [0.3, 0.4) is 0 Å². The van der Waals surface area contributed by atoms with Gasteiger partial charge >= 0.3 is 0 Å². The smallest absolute Gasteiger partial charge is 0.257 e. The highest BCUT2D eigenvalue weighted by Crippen LogP contribution is 2.40. The normalized spacial score (nSPS) is 16.3. The third kappa shape index (κ3) is 2.83. The van der Waals surface area contributed by atoms with Gasteiger partial charge in [-0.05, 0) is 49.8 Å². The Morgan fingerprint density at radius 3 is 3.00 bits per heavy atom. The second-order valence-electron chi connectivity index (χ2n) is 7.31. The van der Waals surface area contributed by atoms with Crippen molar-refractivity contribution in [2.75, 3.05) is 5.32 Å². The quantitative estimate of drug-likeness (QED) is 0.738. The Labute approximate surface area is 152 Å². The van der Waals surface area contributed by atoms with Gasteiger partial charge in [-0.1, -0.05) is 12.1 Å². The highest BCUT2D eigenvalue weighted by atomic mass is 16.1. The molecule has 0 saturated heterocycles. The summed E-state index contributed by atoms with van der Waals surface area (Å²) in [5.41, 5.74) is 4.66. The lowest BCUT2D eigenvalue weighted by molar-refractivity contribution is 0.102. The number of anilines is 1. The van der Waals surface area contributed by atoms with E-state index in [4.69, 9.17) is 4.98 Å². The summed E-state index contributed by atoms with van der Waals surface area (Å²) in [5.74, 6) is 1.64. The number of H-pyrrole nitrogens is 1. The fourth-order valence-corrected chi connectivity index (χ4v) is 3.80.